The van der Waals surface area contributed by atoms with E-state index in [-0.39, 0.29) is 0 Å². The van der Waals surface area contributed by atoms with Crippen molar-refractivity contribution < 1.29 is 4.74 Å². The van der Waals surface area contributed by atoms with Crippen LogP contribution in [0.5, 0.6) is 5.75 Å². The molecular weight excluding hydrogens is 288 g/mol. The Morgan fingerprint density at radius 3 is 3.13 bits per heavy atom. The summed E-state index contributed by atoms with van der Waals surface area (Å²) in [5.74, 6) is 1.74. The maximum atomic E-state index is 5.35. The SMILES string of the molecule is COc1ccc2[nH]cc(CN3CCc4cnc(C)nc4C3)c2c1. The number of methoxy groups -OCH3 is 1. The summed E-state index contributed by atoms with van der Waals surface area (Å²) in [7, 11) is 1.71. The van der Waals surface area contributed by atoms with Gasteiger partial charge in [0.15, 0.2) is 0 Å². The van der Waals surface area contributed by atoms with Gasteiger partial charge < -0.3 is 9.72 Å². The van der Waals surface area contributed by atoms with Gasteiger partial charge in [0.25, 0.3) is 0 Å². The molecule has 23 heavy (non-hydrogen) atoms. The number of H-pyrrole nitrogens is 1. The van der Waals surface area contributed by atoms with Gasteiger partial charge in [0.1, 0.15) is 11.6 Å². The second-order valence-corrected chi connectivity index (χ2v) is 6.08. The van der Waals surface area contributed by atoms with Crippen molar-refractivity contribution in [1.82, 2.24) is 19.9 Å². The molecule has 0 unspecified atom stereocenters. The minimum Gasteiger partial charge on any atom is -0.497 e. The predicted molar refractivity (Wildman–Crippen MR) is 89.4 cm³/mol. The Bertz CT molecular complexity index is 855. The van der Waals surface area contributed by atoms with Crippen molar-refractivity contribution >= 4 is 10.9 Å². The Morgan fingerprint density at radius 2 is 2.26 bits per heavy atom. The Labute approximate surface area is 135 Å². The third-order valence-electron chi connectivity index (χ3n) is 4.51. The summed E-state index contributed by atoms with van der Waals surface area (Å²) in [6, 6.07) is 6.16. The molecule has 5 heteroatoms. The molecule has 3 heterocycles. The van der Waals surface area contributed by atoms with Crippen LogP contribution in [-0.2, 0) is 19.5 Å². The Kier molecular flexibility index (Phi) is 3.50. The number of aryl methyl sites for hydroxylation is 1. The van der Waals surface area contributed by atoms with Crippen molar-refractivity contribution in [2.75, 3.05) is 13.7 Å². The van der Waals surface area contributed by atoms with Crippen LogP contribution >= 0.6 is 0 Å². The summed E-state index contributed by atoms with van der Waals surface area (Å²) >= 11 is 0. The van der Waals surface area contributed by atoms with Crippen molar-refractivity contribution in [3.05, 3.63) is 53.2 Å². The van der Waals surface area contributed by atoms with Gasteiger partial charge in [-0.15, -0.1) is 0 Å². The van der Waals surface area contributed by atoms with Gasteiger partial charge in [0.05, 0.1) is 12.8 Å². The van der Waals surface area contributed by atoms with E-state index in [9.17, 15) is 0 Å². The molecule has 118 valence electrons. The van der Waals surface area contributed by atoms with E-state index in [2.05, 4.69) is 38.2 Å². The van der Waals surface area contributed by atoms with Crippen LogP contribution in [-0.4, -0.2) is 33.5 Å². The fraction of sp³-hybridized carbons (Fsp3) is 0.333. The van der Waals surface area contributed by atoms with Gasteiger partial charge in [-0.3, -0.25) is 4.90 Å². The number of fused-ring (bicyclic) bond motifs is 2. The first-order chi connectivity index (χ1) is 11.2. The highest BCUT2D eigenvalue weighted by Gasteiger charge is 2.19. The molecule has 0 fully saturated rings. The molecule has 1 N–H and O–H groups in total. The number of hydrogen-bond acceptors (Lipinski definition) is 4. The molecule has 0 radical (unpaired) electrons. The topological polar surface area (TPSA) is 54.0 Å². The molecule has 0 amide bonds. The van der Waals surface area contributed by atoms with Crippen molar-refractivity contribution in [3.8, 4) is 5.75 Å². The molecule has 3 aromatic rings. The van der Waals surface area contributed by atoms with Crippen LogP contribution in [0.25, 0.3) is 10.9 Å². The summed E-state index contributed by atoms with van der Waals surface area (Å²) in [6.45, 7) is 4.78. The molecule has 0 spiro atoms. The van der Waals surface area contributed by atoms with Gasteiger partial charge in [-0.25, -0.2) is 9.97 Å². The zero-order chi connectivity index (χ0) is 15.8. The zero-order valence-electron chi connectivity index (χ0n) is 13.5. The van der Waals surface area contributed by atoms with E-state index >= 15 is 0 Å². The molecule has 1 aliphatic heterocycles. The van der Waals surface area contributed by atoms with E-state index in [1.807, 2.05) is 19.2 Å². The molecule has 4 rings (SSSR count). The Morgan fingerprint density at radius 1 is 1.35 bits per heavy atom. The highest BCUT2D eigenvalue weighted by Crippen LogP contribution is 2.26. The van der Waals surface area contributed by atoms with Crippen molar-refractivity contribution in [2.24, 2.45) is 0 Å². The number of aromatic nitrogens is 3. The largest absolute Gasteiger partial charge is 0.497 e. The molecule has 0 saturated carbocycles. The third kappa shape index (κ3) is 2.68. The average Bonchev–Trinajstić information content (AvgIpc) is 2.96. The number of nitrogens with zero attached hydrogens (tertiary/aromatic N) is 3. The summed E-state index contributed by atoms with van der Waals surface area (Å²) in [4.78, 5) is 14.7. The number of rotatable bonds is 3. The van der Waals surface area contributed by atoms with Crippen molar-refractivity contribution in [2.45, 2.75) is 26.4 Å². The Hall–Kier alpha value is -2.40. The van der Waals surface area contributed by atoms with Crippen LogP contribution in [0.4, 0.5) is 0 Å². The zero-order valence-corrected chi connectivity index (χ0v) is 13.5. The molecule has 0 aliphatic carbocycles. The summed E-state index contributed by atoms with van der Waals surface area (Å²) < 4.78 is 5.35. The summed E-state index contributed by atoms with van der Waals surface area (Å²) in [6.07, 6.45) is 5.09. The number of aromatic amines is 1. The fourth-order valence-electron chi connectivity index (χ4n) is 3.25. The number of hydrogen-bond donors (Lipinski definition) is 1. The highest BCUT2D eigenvalue weighted by atomic mass is 16.5. The van der Waals surface area contributed by atoms with E-state index in [1.54, 1.807) is 7.11 Å². The monoisotopic (exact) mass is 308 g/mol. The van der Waals surface area contributed by atoms with E-state index in [1.165, 1.54) is 22.2 Å². The van der Waals surface area contributed by atoms with Crippen LogP contribution in [0.1, 0.15) is 22.6 Å². The highest BCUT2D eigenvalue weighted by molar-refractivity contribution is 5.84. The maximum Gasteiger partial charge on any atom is 0.125 e. The first-order valence-electron chi connectivity index (χ1n) is 7.90. The lowest BCUT2D eigenvalue weighted by Crippen LogP contribution is -2.31. The van der Waals surface area contributed by atoms with E-state index in [0.29, 0.717) is 0 Å². The minimum absolute atomic E-state index is 0.849. The fourth-order valence-corrected chi connectivity index (χ4v) is 3.25. The lowest BCUT2D eigenvalue weighted by Gasteiger charge is -2.27. The van der Waals surface area contributed by atoms with Gasteiger partial charge in [-0.2, -0.15) is 0 Å². The average molecular weight is 308 g/mol. The number of benzene rings is 1. The van der Waals surface area contributed by atoms with Gasteiger partial charge >= 0.3 is 0 Å². The molecule has 0 atom stereocenters. The second kappa shape index (κ2) is 5.66. The predicted octanol–water partition coefficient (Wildman–Crippen LogP) is 2.83. The van der Waals surface area contributed by atoms with Crippen LogP contribution in [0.3, 0.4) is 0 Å². The minimum atomic E-state index is 0.849. The molecule has 5 nitrogen and oxygen atoms in total. The van der Waals surface area contributed by atoms with Crippen LogP contribution < -0.4 is 4.74 Å². The first kappa shape index (κ1) is 14.2. The molecule has 2 aromatic heterocycles. The van der Waals surface area contributed by atoms with Crippen LogP contribution in [0.2, 0.25) is 0 Å². The molecule has 0 bridgehead atoms. The van der Waals surface area contributed by atoms with Crippen molar-refractivity contribution in [3.63, 3.8) is 0 Å². The van der Waals surface area contributed by atoms with Crippen molar-refractivity contribution in [1.29, 1.82) is 0 Å². The number of nitrogens with one attached hydrogen (secondary N) is 1. The standard InChI is InChI=1S/C18H20N4O/c1-12-19-8-13-5-6-22(11-18(13)21-12)10-14-9-20-17-4-3-15(23-2)7-16(14)17/h3-4,7-9,20H,5-6,10-11H2,1-2H3. The van der Waals surface area contributed by atoms with Gasteiger partial charge in [0, 0.05) is 42.9 Å². The second-order valence-electron chi connectivity index (χ2n) is 6.08. The van der Waals surface area contributed by atoms with Gasteiger partial charge in [0.2, 0.25) is 0 Å². The van der Waals surface area contributed by atoms with E-state index in [0.717, 1.165) is 43.1 Å². The smallest absolute Gasteiger partial charge is 0.125 e. The quantitative estimate of drug-likeness (QED) is 0.808. The summed E-state index contributed by atoms with van der Waals surface area (Å²) in [5, 5.41) is 1.23. The normalized spacial score (nSPS) is 14.9. The Balaban J connectivity index is 1.59. The molecule has 1 aliphatic rings. The first-order valence-corrected chi connectivity index (χ1v) is 7.90. The van der Waals surface area contributed by atoms with Crippen LogP contribution in [0, 0.1) is 6.92 Å². The van der Waals surface area contributed by atoms with Gasteiger partial charge in [-0.1, -0.05) is 0 Å². The molecule has 0 saturated heterocycles. The van der Waals surface area contributed by atoms with E-state index in [4.69, 9.17) is 4.74 Å². The molecular formula is C18H20N4O. The third-order valence-corrected chi connectivity index (χ3v) is 4.51. The lowest BCUT2D eigenvalue weighted by molar-refractivity contribution is 0.241. The summed E-state index contributed by atoms with van der Waals surface area (Å²) in [5.41, 5.74) is 4.90. The number of ether oxygens (including phenoxy) is 1. The van der Waals surface area contributed by atoms with Crippen LogP contribution in [0.15, 0.2) is 30.6 Å². The lowest BCUT2D eigenvalue weighted by atomic mass is 10.1. The molecule has 1 aromatic carbocycles. The van der Waals surface area contributed by atoms with Gasteiger partial charge in [-0.05, 0) is 42.7 Å². The van der Waals surface area contributed by atoms with E-state index < -0.39 is 0 Å². The maximum absolute atomic E-state index is 5.35.